The van der Waals surface area contributed by atoms with Gasteiger partial charge in [0, 0.05) is 43.6 Å². The first-order valence-corrected chi connectivity index (χ1v) is 10.8. The molecule has 1 aliphatic rings. The molecule has 1 unspecified atom stereocenters. The second-order valence-corrected chi connectivity index (χ2v) is 8.63. The van der Waals surface area contributed by atoms with Gasteiger partial charge in [-0.25, -0.2) is 4.39 Å². The van der Waals surface area contributed by atoms with Crippen LogP contribution in [0.5, 0.6) is 0 Å². The minimum Gasteiger partial charge on any atom is -0.381 e. The van der Waals surface area contributed by atoms with Gasteiger partial charge in [-0.3, -0.25) is 4.99 Å². The van der Waals surface area contributed by atoms with Crippen molar-refractivity contribution in [2.45, 2.75) is 31.6 Å². The molecule has 2 aromatic rings. The van der Waals surface area contributed by atoms with Gasteiger partial charge in [0.2, 0.25) is 0 Å². The zero-order valence-electron chi connectivity index (χ0n) is 17.1. The number of aliphatic imine (C=N–C) groups is 1. The number of hydrogen-bond acceptors (Lipinski definition) is 3. The Balaban J connectivity index is 0.00000300. The summed E-state index contributed by atoms with van der Waals surface area (Å²) < 4.78 is 19.0. The summed E-state index contributed by atoms with van der Waals surface area (Å²) in [5, 5.41) is 9.07. The van der Waals surface area contributed by atoms with Crippen LogP contribution in [-0.2, 0) is 16.6 Å². The second-order valence-electron chi connectivity index (χ2n) is 7.59. The lowest BCUT2D eigenvalue weighted by Crippen LogP contribution is -2.48. The highest BCUT2D eigenvalue weighted by Gasteiger charge is 2.34. The number of rotatable bonds is 7. The minimum atomic E-state index is -0.198. The summed E-state index contributed by atoms with van der Waals surface area (Å²) in [5.74, 6) is 1.13. The van der Waals surface area contributed by atoms with Gasteiger partial charge in [-0.2, -0.15) is 0 Å². The zero-order chi connectivity index (χ0) is 19.8. The first-order valence-electron chi connectivity index (χ1n) is 9.92. The molecule has 0 bridgehead atoms. The lowest BCUT2D eigenvalue weighted by molar-refractivity contribution is 0.0513. The van der Waals surface area contributed by atoms with Crippen molar-refractivity contribution in [2.75, 3.05) is 33.4 Å². The molecule has 7 heteroatoms. The highest BCUT2D eigenvalue weighted by atomic mass is 127. The third-order valence-corrected chi connectivity index (χ3v) is 6.37. The van der Waals surface area contributed by atoms with Crippen molar-refractivity contribution >= 4 is 41.3 Å². The highest BCUT2D eigenvalue weighted by molar-refractivity contribution is 14.0. The summed E-state index contributed by atoms with van der Waals surface area (Å²) in [6, 6.07) is 11.2. The van der Waals surface area contributed by atoms with E-state index < -0.39 is 0 Å². The Morgan fingerprint density at radius 2 is 1.93 bits per heavy atom. The first-order chi connectivity index (χ1) is 13.6. The second kappa shape index (κ2) is 11.9. The van der Waals surface area contributed by atoms with E-state index in [1.807, 2.05) is 12.1 Å². The van der Waals surface area contributed by atoms with Crippen LogP contribution in [0, 0.1) is 11.7 Å². The molecule has 0 radical (unpaired) electrons. The summed E-state index contributed by atoms with van der Waals surface area (Å²) in [7, 11) is 1.80. The molecule has 0 saturated carbocycles. The van der Waals surface area contributed by atoms with E-state index in [1.165, 1.54) is 4.88 Å². The molecule has 1 atom stereocenters. The molecule has 29 heavy (non-hydrogen) atoms. The van der Waals surface area contributed by atoms with Crippen LogP contribution in [0.4, 0.5) is 4.39 Å². The van der Waals surface area contributed by atoms with Crippen LogP contribution in [0.3, 0.4) is 0 Å². The van der Waals surface area contributed by atoms with Crippen molar-refractivity contribution in [3.63, 3.8) is 0 Å². The van der Waals surface area contributed by atoms with Crippen LogP contribution < -0.4 is 10.6 Å². The SMILES string of the molecule is CN=C(NCC(C)Cc1cccs1)NCC1(c2ccc(F)cc2)CCOCC1.I. The van der Waals surface area contributed by atoms with E-state index in [-0.39, 0.29) is 35.2 Å². The molecule has 0 spiro atoms. The van der Waals surface area contributed by atoms with E-state index in [4.69, 9.17) is 4.74 Å². The maximum atomic E-state index is 13.4. The van der Waals surface area contributed by atoms with Crippen LogP contribution in [-0.4, -0.2) is 39.3 Å². The number of guanidine groups is 1. The van der Waals surface area contributed by atoms with E-state index in [0.717, 1.165) is 57.1 Å². The van der Waals surface area contributed by atoms with E-state index >= 15 is 0 Å². The number of nitrogens with one attached hydrogen (secondary N) is 2. The molecule has 3 rings (SSSR count). The normalized spacial score (nSPS) is 17.3. The average molecular weight is 531 g/mol. The zero-order valence-corrected chi connectivity index (χ0v) is 20.3. The quantitative estimate of drug-likeness (QED) is 0.312. The molecule has 0 amide bonds. The van der Waals surface area contributed by atoms with Crippen LogP contribution >= 0.6 is 35.3 Å². The molecule has 1 saturated heterocycles. The van der Waals surface area contributed by atoms with Gasteiger partial charge in [0.15, 0.2) is 5.96 Å². The van der Waals surface area contributed by atoms with Gasteiger partial charge in [-0.15, -0.1) is 35.3 Å². The maximum absolute atomic E-state index is 13.4. The summed E-state index contributed by atoms with van der Waals surface area (Å²) in [6.45, 7) is 5.32. The molecule has 1 aromatic heterocycles. The molecule has 2 N–H and O–H groups in total. The van der Waals surface area contributed by atoms with Gasteiger partial charge in [0.25, 0.3) is 0 Å². The van der Waals surface area contributed by atoms with Crippen molar-refractivity contribution in [1.82, 2.24) is 10.6 Å². The number of benzene rings is 1. The van der Waals surface area contributed by atoms with Crippen LogP contribution in [0.2, 0.25) is 0 Å². The molecule has 2 heterocycles. The Labute approximate surface area is 194 Å². The molecular weight excluding hydrogens is 500 g/mol. The summed E-state index contributed by atoms with van der Waals surface area (Å²) in [4.78, 5) is 5.80. The highest BCUT2D eigenvalue weighted by Crippen LogP contribution is 2.34. The van der Waals surface area contributed by atoms with Gasteiger partial charge in [-0.05, 0) is 54.3 Å². The molecule has 160 valence electrons. The number of halogens is 2. The van der Waals surface area contributed by atoms with Crippen molar-refractivity contribution in [3.05, 3.63) is 58.0 Å². The Hall–Kier alpha value is -1.19. The van der Waals surface area contributed by atoms with E-state index in [1.54, 1.807) is 30.5 Å². The lowest BCUT2D eigenvalue weighted by atomic mass is 9.74. The number of ether oxygens (including phenoxy) is 1. The van der Waals surface area contributed by atoms with Crippen LogP contribution in [0.1, 0.15) is 30.2 Å². The molecule has 1 aromatic carbocycles. The third kappa shape index (κ3) is 6.93. The Kier molecular flexibility index (Phi) is 9.85. The lowest BCUT2D eigenvalue weighted by Gasteiger charge is -2.38. The fourth-order valence-electron chi connectivity index (χ4n) is 3.72. The van der Waals surface area contributed by atoms with Crippen molar-refractivity contribution in [3.8, 4) is 0 Å². The fourth-order valence-corrected chi connectivity index (χ4v) is 4.59. The minimum absolute atomic E-state index is 0. The Morgan fingerprint density at radius 1 is 1.21 bits per heavy atom. The van der Waals surface area contributed by atoms with Gasteiger partial charge in [0.1, 0.15) is 5.82 Å². The van der Waals surface area contributed by atoms with Crippen LogP contribution in [0.25, 0.3) is 0 Å². The smallest absolute Gasteiger partial charge is 0.191 e. The number of thiophene rings is 1. The van der Waals surface area contributed by atoms with E-state index in [0.29, 0.717) is 5.92 Å². The van der Waals surface area contributed by atoms with Gasteiger partial charge in [-0.1, -0.05) is 25.1 Å². The van der Waals surface area contributed by atoms with Gasteiger partial charge >= 0.3 is 0 Å². The molecule has 1 aliphatic heterocycles. The van der Waals surface area contributed by atoms with Gasteiger partial charge in [0.05, 0.1) is 0 Å². The number of hydrogen-bond donors (Lipinski definition) is 2. The standard InChI is InChI=1S/C22H30FN3OS.HI/c1-17(14-20-4-3-13-28-20)15-25-21(24-2)26-16-22(9-11-27-12-10-22)18-5-7-19(23)8-6-18;/h3-8,13,17H,9-12,14-16H2,1-2H3,(H2,24,25,26);1H. The van der Waals surface area contributed by atoms with E-state index in [9.17, 15) is 4.39 Å². The Bertz CT molecular complexity index is 746. The van der Waals surface area contributed by atoms with Crippen LogP contribution in [0.15, 0.2) is 46.8 Å². The molecule has 1 fully saturated rings. The summed E-state index contributed by atoms with van der Waals surface area (Å²) >= 11 is 1.81. The maximum Gasteiger partial charge on any atom is 0.191 e. The first kappa shape index (κ1) is 24.1. The fraction of sp³-hybridized carbons (Fsp3) is 0.500. The molecule has 4 nitrogen and oxygen atoms in total. The predicted molar refractivity (Wildman–Crippen MR) is 130 cm³/mol. The molecular formula is C22H31FIN3OS. The summed E-state index contributed by atoms with van der Waals surface area (Å²) in [5.41, 5.74) is 1.10. The molecule has 0 aliphatic carbocycles. The summed E-state index contributed by atoms with van der Waals surface area (Å²) in [6.07, 6.45) is 2.90. The number of nitrogens with zero attached hydrogens (tertiary/aromatic N) is 1. The Morgan fingerprint density at radius 3 is 2.55 bits per heavy atom. The van der Waals surface area contributed by atoms with Gasteiger partial charge < -0.3 is 15.4 Å². The van der Waals surface area contributed by atoms with Crippen molar-refractivity contribution in [1.29, 1.82) is 0 Å². The monoisotopic (exact) mass is 531 g/mol. The average Bonchev–Trinajstić information content (AvgIpc) is 3.22. The van der Waals surface area contributed by atoms with Crippen molar-refractivity contribution in [2.24, 2.45) is 10.9 Å². The topological polar surface area (TPSA) is 45.7 Å². The van der Waals surface area contributed by atoms with Crippen molar-refractivity contribution < 1.29 is 9.13 Å². The predicted octanol–water partition coefficient (Wildman–Crippen LogP) is 4.60. The van der Waals surface area contributed by atoms with E-state index in [2.05, 4.69) is 40.1 Å². The largest absolute Gasteiger partial charge is 0.381 e. The third-order valence-electron chi connectivity index (χ3n) is 5.47.